The third-order valence-corrected chi connectivity index (χ3v) is 2.38. The van der Waals surface area contributed by atoms with Gasteiger partial charge in [-0.15, -0.1) is 0 Å². The molecule has 0 radical (unpaired) electrons. The molecule has 0 saturated carbocycles. The highest BCUT2D eigenvalue weighted by Gasteiger charge is 2.06. The Morgan fingerprint density at radius 2 is 1.67 bits per heavy atom. The molecule has 0 fully saturated rings. The number of benzene rings is 2. The van der Waals surface area contributed by atoms with E-state index in [0.29, 0.717) is 17.7 Å². The van der Waals surface area contributed by atoms with E-state index in [-0.39, 0.29) is 5.91 Å². The maximum Gasteiger partial charge on any atom is 0.255 e. The number of amides is 2. The van der Waals surface area contributed by atoms with Gasteiger partial charge in [0.1, 0.15) is 0 Å². The van der Waals surface area contributed by atoms with E-state index in [4.69, 9.17) is 0 Å². The molecular formula is C14H12N2O2. The van der Waals surface area contributed by atoms with Crippen LogP contribution < -0.4 is 10.6 Å². The summed E-state index contributed by atoms with van der Waals surface area (Å²) in [6.45, 7) is 0. The van der Waals surface area contributed by atoms with Crippen LogP contribution in [0.5, 0.6) is 0 Å². The van der Waals surface area contributed by atoms with Gasteiger partial charge in [0.2, 0.25) is 6.41 Å². The fraction of sp³-hybridized carbons (Fsp3) is 0. The zero-order valence-corrected chi connectivity index (χ0v) is 9.59. The van der Waals surface area contributed by atoms with Crippen molar-refractivity contribution in [1.29, 1.82) is 0 Å². The third kappa shape index (κ3) is 2.95. The molecule has 0 aliphatic rings. The minimum absolute atomic E-state index is 0.212. The van der Waals surface area contributed by atoms with Crippen molar-refractivity contribution in [2.45, 2.75) is 0 Å². The first-order valence-electron chi connectivity index (χ1n) is 5.46. The largest absolute Gasteiger partial charge is 0.329 e. The highest BCUT2D eigenvalue weighted by atomic mass is 16.1. The van der Waals surface area contributed by atoms with Crippen molar-refractivity contribution in [1.82, 2.24) is 0 Å². The van der Waals surface area contributed by atoms with Crippen LogP contribution in [-0.2, 0) is 4.79 Å². The second kappa shape index (κ2) is 5.63. The van der Waals surface area contributed by atoms with Gasteiger partial charge < -0.3 is 10.6 Å². The number of nitrogens with one attached hydrogen (secondary N) is 2. The number of rotatable bonds is 4. The Morgan fingerprint density at radius 3 is 2.39 bits per heavy atom. The van der Waals surface area contributed by atoms with Gasteiger partial charge in [-0.2, -0.15) is 0 Å². The normalized spacial score (nSPS) is 9.56. The maximum absolute atomic E-state index is 11.9. The van der Waals surface area contributed by atoms with E-state index < -0.39 is 0 Å². The van der Waals surface area contributed by atoms with Gasteiger partial charge in [-0.25, -0.2) is 0 Å². The molecule has 0 heterocycles. The topological polar surface area (TPSA) is 58.2 Å². The Morgan fingerprint density at radius 1 is 0.944 bits per heavy atom. The number of anilines is 2. The van der Waals surface area contributed by atoms with Crippen LogP contribution in [0.15, 0.2) is 54.6 Å². The summed E-state index contributed by atoms with van der Waals surface area (Å²) in [6, 6.07) is 15.9. The van der Waals surface area contributed by atoms with Gasteiger partial charge in [-0.3, -0.25) is 9.59 Å². The van der Waals surface area contributed by atoms with Crippen LogP contribution >= 0.6 is 0 Å². The van der Waals surface area contributed by atoms with E-state index in [9.17, 15) is 9.59 Å². The highest BCUT2D eigenvalue weighted by Crippen LogP contribution is 2.12. The maximum atomic E-state index is 11.9. The Labute approximate surface area is 105 Å². The van der Waals surface area contributed by atoms with Crippen LogP contribution in [0.4, 0.5) is 11.4 Å². The Hall–Kier alpha value is -2.62. The standard InChI is InChI=1S/C14H12N2O2/c17-10-15-13-8-4-5-11(9-13)14(18)16-12-6-2-1-3-7-12/h1-10H,(H,15,17)(H,16,18). The summed E-state index contributed by atoms with van der Waals surface area (Å²) in [4.78, 5) is 22.3. The molecule has 0 aliphatic carbocycles. The molecule has 18 heavy (non-hydrogen) atoms. The fourth-order valence-electron chi connectivity index (χ4n) is 1.54. The van der Waals surface area contributed by atoms with Gasteiger partial charge in [0.15, 0.2) is 0 Å². The van der Waals surface area contributed by atoms with E-state index in [2.05, 4.69) is 10.6 Å². The lowest BCUT2D eigenvalue weighted by atomic mass is 10.2. The van der Waals surface area contributed by atoms with Crippen LogP contribution in [-0.4, -0.2) is 12.3 Å². The van der Waals surface area contributed by atoms with Crippen molar-refractivity contribution >= 4 is 23.7 Å². The summed E-state index contributed by atoms with van der Waals surface area (Å²) in [7, 11) is 0. The molecule has 0 bridgehead atoms. The zero-order chi connectivity index (χ0) is 12.8. The van der Waals surface area contributed by atoms with Crippen molar-refractivity contribution in [2.24, 2.45) is 0 Å². The number of para-hydroxylation sites is 1. The lowest BCUT2D eigenvalue weighted by molar-refractivity contribution is -0.105. The summed E-state index contributed by atoms with van der Waals surface area (Å²) in [6.07, 6.45) is 0.578. The number of carbonyl (C=O) groups is 2. The van der Waals surface area contributed by atoms with Crippen molar-refractivity contribution < 1.29 is 9.59 Å². The van der Waals surface area contributed by atoms with Crippen LogP contribution in [0.25, 0.3) is 0 Å². The second-order valence-corrected chi connectivity index (χ2v) is 3.66. The summed E-state index contributed by atoms with van der Waals surface area (Å²) in [5.74, 6) is -0.212. The fourth-order valence-corrected chi connectivity index (χ4v) is 1.54. The average Bonchev–Trinajstić information content (AvgIpc) is 2.40. The summed E-state index contributed by atoms with van der Waals surface area (Å²) < 4.78 is 0. The molecule has 0 aromatic heterocycles. The molecule has 2 aromatic carbocycles. The first-order chi connectivity index (χ1) is 8.79. The minimum Gasteiger partial charge on any atom is -0.329 e. The average molecular weight is 240 g/mol. The predicted octanol–water partition coefficient (Wildman–Crippen LogP) is 2.51. The van der Waals surface area contributed by atoms with Crippen LogP contribution in [0, 0.1) is 0 Å². The van der Waals surface area contributed by atoms with Crippen molar-refractivity contribution in [2.75, 3.05) is 10.6 Å². The molecule has 90 valence electrons. The van der Waals surface area contributed by atoms with Gasteiger partial charge in [-0.1, -0.05) is 24.3 Å². The molecule has 0 aliphatic heterocycles. The molecule has 0 atom stereocenters. The lowest BCUT2D eigenvalue weighted by Gasteiger charge is -2.06. The molecule has 4 heteroatoms. The number of carbonyl (C=O) groups excluding carboxylic acids is 2. The van der Waals surface area contributed by atoms with E-state index in [1.807, 2.05) is 30.3 Å². The molecule has 2 amide bonds. The molecular weight excluding hydrogens is 228 g/mol. The van der Waals surface area contributed by atoms with Gasteiger partial charge in [-0.05, 0) is 30.3 Å². The monoisotopic (exact) mass is 240 g/mol. The third-order valence-electron chi connectivity index (χ3n) is 2.38. The van der Waals surface area contributed by atoms with E-state index >= 15 is 0 Å². The quantitative estimate of drug-likeness (QED) is 0.807. The van der Waals surface area contributed by atoms with Crippen LogP contribution in [0.1, 0.15) is 10.4 Å². The summed E-state index contributed by atoms with van der Waals surface area (Å²) in [5.41, 5.74) is 1.81. The van der Waals surface area contributed by atoms with Crippen molar-refractivity contribution in [3.8, 4) is 0 Å². The van der Waals surface area contributed by atoms with Gasteiger partial charge in [0.05, 0.1) is 0 Å². The highest BCUT2D eigenvalue weighted by molar-refractivity contribution is 6.04. The summed E-state index contributed by atoms with van der Waals surface area (Å²) in [5, 5.41) is 5.28. The lowest BCUT2D eigenvalue weighted by Crippen LogP contribution is -2.12. The second-order valence-electron chi connectivity index (χ2n) is 3.66. The summed E-state index contributed by atoms with van der Waals surface area (Å²) >= 11 is 0. The molecule has 2 rings (SSSR count). The molecule has 0 unspecified atom stereocenters. The zero-order valence-electron chi connectivity index (χ0n) is 9.59. The Bertz CT molecular complexity index is 553. The van der Waals surface area contributed by atoms with Gasteiger partial charge in [0, 0.05) is 16.9 Å². The predicted molar refractivity (Wildman–Crippen MR) is 70.5 cm³/mol. The van der Waals surface area contributed by atoms with Gasteiger partial charge in [0.25, 0.3) is 5.91 Å². The van der Waals surface area contributed by atoms with Gasteiger partial charge >= 0.3 is 0 Å². The van der Waals surface area contributed by atoms with Crippen molar-refractivity contribution in [3.05, 3.63) is 60.2 Å². The van der Waals surface area contributed by atoms with E-state index in [1.54, 1.807) is 24.3 Å². The Kier molecular flexibility index (Phi) is 3.71. The molecule has 0 spiro atoms. The first-order valence-corrected chi connectivity index (χ1v) is 5.46. The van der Waals surface area contributed by atoms with E-state index in [0.717, 1.165) is 5.69 Å². The molecule has 0 saturated heterocycles. The Balaban J connectivity index is 2.13. The SMILES string of the molecule is O=CNc1cccc(C(=O)Nc2ccccc2)c1. The molecule has 2 aromatic rings. The molecule has 4 nitrogen and oxygen atoms in total. The van der Waals surface area contributed by atoms with E-state index in [1.165, 1.54) is 0 Å². The van der Waals surface area contributed by atoms with Crippen LogP contribution in [0.2, 0.25) is 0 Å². The smallest absolute Gasteiger partial charge is 0.255 e. The van der Waals surface area contributed by atoms with Crippen LogP contribution in [0.3, 0.4) is 0 Å². The minimum atomic E-state index is -0.212. The number of hydrogen-bond donors (Lipinski definition) is 2. The molecule has 2 N–H and O–H groups in total. The first kappa shape index (κ1) is 11.9. The van der Waals surface area contributed by atoms with Crippen molar-refractivity contribution in [3.63, 3.8) is 0 Å². The number of hydrogen-bond acceptors (Lipinski definition) is 2.